The van der Waals surface area contributed by atoms with E-state index in [1.807, 2.05) is 36.4 Å². The molecule has 3 aliphatic rings. The second-order valence-corrected chi connectivity index (χ2v) is 16.3. The fourth-order valence-electron chi connectivity index (χ4n) is 6.54. The Balaban J connectivity index is 1.40. The average Bonchev–Trinajstić information content (AvgIpc) is 3.52. The third kappa shape index (κ3) is 6.15. The normalized spacial score (nSPS) is 19.3. The van der Waals surface area contributed by atoms with Gasteiger partial charge >= 0.3 is 0 Å². The van der Waals surface area contributed by atoms with E-state index >= 15 is 8.78 Å². The van der Waals surface area contributed by atoms with Gasteiger partial charge in [-0.3, -0.25) is 4.44 Å². The van der Waals surface area contributed by atoms with Gasteiger partial charge in [-0.15, -0.1) is 0 Å². The Hall–Kier alpha value is -3.24. The topological polar surface area (TPSA) is 40.2 Å². The van der Waals surface area contributed by atoms with Crippen LogP contribution < -0.4 is 29.6 Å². The maximum atomic E-state index is 15.9. The highest BCUT2D eigenvalue weighted by atomic mass is 31.2. The van der Waals surface area contributed by atoms with E-state index in [9.17, 15) is 0 Å². The molecule has 4 aromatic carbocycles. The van der Waals surface area contributed by atoms with Gasteiger partial charge in [-0.1, -0.05) is 49.7 Å². The lowest BCUT2D eigenvalue weighted by atomic mass is 10.0. The molecule has 0 bridgehead atoms. The predicted molar refractivity (Wildman–Crippen MR) is 177 cm³/mol. The molecule has 9 heteroatoms. The highest BCUT2D eigenvalue weighted by Gasteiger charge is 2.45. The fourth-order valence-corrected chi connectivity index (χ4v) is 14.0. The largest absolute Gasteiger partial charge is 0.486 e. The van der Waals surface area contributed by atoms with E-state index in [4.69, 9.17) is 18.9 Å². The maximum absolute atomic E-state index is 15.9. The smallest absolute Gasteiger partial charge is 0.161 e. The number of benzene rings is 4. The molecule has 0 spiro atoms. The molecule has 0 aliphatic carbocycles. The van der Waals surface area contributed by atoms with Gasteiger partial charge in [-0.25, -0.2) is 8.78 Å². The van der Waals surface area contributed by atoms with Crippen molar-refractivity contribution < 1.29 is 27.7 Å². The first-order chi connectivity index (χ1) is 22.1. The minimum atomic E-state index is -1.53. The Labute approximate surface area is 266 Å². The zero-order valence-electron chi connectivity index (χ0n) is 25.3. The molecule has 0 saturated carbocycles. The van der Waals surface area contributed by atoms with Crippen LogP contribution >= 0.6 is 16.1 Å². The molecule has 234 valence electrons. The zero-order valence-corrected chi connectivity index (χ0v) is 27.1. The molecule has 0 aromatic heterocycles. The first-order valence-electron chi connectivity index (χ1n) is 15.8. The average molecular weight is 648 g/mol. The Morgan fingerprint density at radius 3 is 1.60 bits per heavy atom. The first kappa shape index (κ1) is 30.4. The van der Waals surface area contributed by atoms with Crippen molar-refractivity contribution in [2.45, 2.75) is 43.9 Å². The number of nitrogens with zero attached hydrogens (tertiary/aromatic N) is 1. The SMILES string of the molecule is CCCCN(P(c1ccccc1F)c1ccccc1F)P1[C@H](c2ccc3c(c2)OCCO3)CC[C@H]1c1ccc2c(c1)OCCO2. The van der Waals surface area contributed by atoms with Crippen LogP contribution in [0.2, 0.25) is 0 Å². The molecule has 0 radical (unpaired) electrons. The van der Waals surface area contributed by atoms with E-state index in [0.29, 0.717) is 37.0 Å². The van der Waals surface area contributed by atoms with Crippen LogP contribution in [-0.2, 0) is 0 Å². The summed E-state index contributed by atoms with van der Waals surface area (Å²) in [4.78, 5) is 0. The summed E-state index contributed by atoms with van der Waals surface area (Å²) >= 11 is 0. The van der Waals surface area contributed by atoms with Gasteiger partial charge in [0.25, 0.3) is 0 Å². The zero-order chi connectivity index (χ0) is 30.8. The van der Waals surface area contributed by atoms with Crippen LogP contribution in [-0.4, -0.2) is 37.4 Å². The van der Waals surface area contributed by atoms with Crippen LogP contribution in [0.15, 0.2) is 84.9 Å². The molecule has 7 rings (SSSR count). The van der Waals surface area contributed by atoms with Gasteiger partial charge in [-0.2, -0.15) is 0 Å². The van der Waals surface area contributed by atoms with Gasteiger partial charge in [-0.05, 0) is 87.0 Å². The summed E-state index contributed by atoms with van der Waals surface area (Å²) in [6, 6.07) is 26.5. The highest BCUT2D eigenvalue weighted by Crippen LogP contribution is 2.76. The molecule has 0 amide bonds. The number of ether oxygens (including phenoxy) is 4. The molecule has 0 N–H and O–H groups in total. The van der Waals surface area contributed by atoms with Crippen LogP contribution in [0.4, 0.5) is 8.78 Å². The lowest BCUT2D eigenvalue weighted by Crippen LogP contribution is -2.30. The Kier molecular flexibility index (Phi) is 9.21. The Morgan fingerprint density at radius 2 is 1.13 bits per heavy atom. The van der Waals surface area contributed by atoms with E-state index in [-0.39, 0.29) is 23.0 Å². The van der Waals surface area contributed by atoms with E-state index in [0.717, 1.165) is 55.2 Å². The summed E-state index contributed by atoms with van der Waals surface area (Å²) in [6.45, 7) is 5.02. The van der Waals surface area contributed by atoms with Gasteiger partial charge in [0.05, 0.1) is 0 Å². The van der Waals surface area contributed by atoms with Crippen LogP contribution in [0.1, 0.15) is 55.1 Å². The second-order valence-electron chi connectivity index (χ2n) is 11.5. The molecule has 5 nitrogen and oxygen atoms in total. The van der Waals surface area contributed by atoms with Crippen molar-refractivity contribution in [3.63, 3.8) is 0 Å². The summed E-state index contributed by atoms with van der Waals surface area (Å²) in [5.41, 5.74) is 2.69. The number of fused-ring (bicyclic) bond motifs is 2. The fraction of sp³-hybridized carbons (Fsp3) is 0.333. The van der Waals surface area contributed by atoms with Crippen LogP contribution in [0.3, 0.4) is 0 Å². The van der Waals surface area contributed by atoms with Crippen LogP contribution in [0.25, 0.3) is 0 Å². The molecule has 1 fully saturated rings. The molecule has 45 heavy (non-hydrogen) atoms. The van der Waals surface area contributed by atoms with E-state index in [1.165, 1.54) is 23.3 Å². The van der Waals surface area contributed by atoms with Crippen LogP contribution in [0, 0.1) is 11.6 Å². The van der Waals surface area contributed by atoms with Crippen molar-refractivity contribution in [2.75, 3.05) is 33.0 Å². The highest BCUT2D eigenvalue weighted by molar-refractivity contribution is 7.79. The lowest BCUT2D eigenvalue weighted by molar-refractivity contribution is 0.171. The van der Waals surface area contributed by atoms with E-state index < -0.39 is 16.1 Å². The van der Waals surface area contributed by atoms with Crippen molar-refractivity contribution in [1.29, 1.82) is 0 Å². The number of unbranched alkanes of at least 4 members (excludes halogenated alkanes) is 1. The van der Waals surface area contributed by atoms with E-state index in [2.05, 4.69) is 35.6 Å². The number of hydrogen-bond acceptors (Lipinski definition) is 5. The second kappa shape index (κ2) is 13.6. The van der Waals surface area contributed by atoms with Gasteiger partial charge < -0.3 is 18.9 Å². The minimum Gasteiger partial charge on any atom is -0.486 e. The summed E-state index contributed by atoms with van der Waals surface area (Å²) in [5.74, 6) is 2.46. The molecule has 4 aromatic rings. The van der Waals surface area contributed by atoms with E-state index in [1.54, 1.807) is 12.1 Å². The number of hydrogen-bond donors (Lipinski definition) is 0. The van der Waals surface area contributed by atoms with Crippen LogP contribution in [0.5, 0.6) is 23.0 Å². The molecule has 2 atom stereocenters. The standard InChI is InChI=1S/C36H37F2NO4P2/c1-2-3-18-39(45(35-10-6-4-8-27(35)37)36-11-7-5-9-28(36)38)44-33(25-12-14-29-31(23-25)42-21-19-40-29)16-17-34(44)26-13-15-30-32(24-26)43-22-20-41-30/h4-15,23-24,33-34H,2-3,16-22H2,1H3/t33-,34-/m0/s1. The van der Waals surface area contributed by atoms with Gasteiger partial charge in [0.1, 0.15) is 38.1 Å². The maximum Gasteiger partial charge on any atom is 0.161 e. The van der Waals surface area contributed by atoms with Crippen molar-refractivity contribution in [2.24, 2.45) is 0 Å². The molecule has 3 aliphatic heterocycles. The monoisotopic (exact) mass is 647 g/mol. The third-order valence-electron chi connectivity index (χ3n) is 8.62. The van der Waals surface area contributed by atoms with Gasteiger partial charge in [0, 0.05) is 36.5 Å². The molecule has 3 heterocycles. The van der Waals surface area contributed by atoms with Crippen molar-refractivity contribution in [3.05, 3.63) is 108 Å². The summed E-state index contributed by atoms with van der Waals surface area (Å²) < 4.78 is 58.0. The number of halogens is 2. The number of rotatable bonds is 9. The predicted octanol–water partition coefficient (Wildman–Crippen LogP) is 8.63. The summed E-state index contributed by atoms with van der Waals surface area (Å²) in [6.07, 6.45) is 3.79. The van der Waals surface area contributed by atoms with Crippen molar-refractivity contribution >= 4 is 26.8 Å². The molecule has 0 unspecified atom stereocenters. The van der Waals surface area contributed by atoms with Gasteiger partial charge in [0.15, 0.2) is 23.0 Å². The Morgan fingerprint density at radius 1 is 0.667 bits per heavy atom. The quantitative estimate of drug-likeness (QED) is 0.170. The Bertz CT molecular complexity index is 1540. The molecule has 1 saturated heterocycles. The van der Waals surface area contributed by atoms with Crippen molar-refractivity contribution in [3.8, 4) is 23.0 Å². The van der Waals surface area contributed by atoms with Crippen molar-refractivity contribution in [1.82, 2.24) is 4.44 Å². The third-order valence-corrected chi connectivity index (χ3v) is 15.2. The first-order valence-corrected chi connectivity index (χ1v) is 18.5. The summed E-state index contributed by atoms with van der Waals surface area (Å²) in [5, 5.41) is 1.12. The minimum absolute atomic E-state index is 0.162. The van der Waals surface area contributed by atoms with Gasteiger partial charge in [0.2, 0.25) is 0 Å². The molecular weight excluding hydrogens is 610 g/mol. The lowest BCUT2D eigenvalue weighted by Gasteiger charge is -2.42. The molecular formula is C36H37F2NO4P2. The summed E-state index contributed by atoms with van der Waals surface area (Å²) in [7, 11) is -2.53.